The molecule has 1 aromatic rings. The molecule has 1 aromatic carbocycles. The van der Waals surface area contributed by atoms with Crippen molar-refractivity contribution in [2.24, 2.45) is 5.92 Å². The molecule has 0 aliphatic heterocycles. The van der Waals surface area contributed by atoms with Crippen LogP contribution in [0.1, 0.15) is 132 Å². The zero-order valence-electron chi connectivity index (χ0n) is 18.9. The molecule has 0 radical (unpaired) electrons. The fourth-order valence-electron chi connectivity index (χ4n) is 4.68. The average Bonchev–Trinajstić information content (AvgIpc) is 2.75. The molecule has 0 amide bonds. The van der Waals surface area contributed by atoms with E-state index in [1.54, 1.807) is 0 Å². The molecule has 1 fully saturated rings. The molecule has 0 atom stereocenters. The lowest BCUT2D eigenvalue weighted by atomic mass is 9.77. The normalized spacial score (nSPS) is 19.2. The Hall–Kier alpha value is -1.44. The first-order chi connectivity index (χ1) is 14.1. The quantitative estimate of drug-likeness (QED) is 0.180. The van der Waals surface area contributed by atoms with Crippen molar-refractivity contribution in [2.45, 2.75) is 116 Å². The number of hydrogen-bond donors (Lipinski definition) is 0. The molecule has 0 N–H and O–H groups in total. The number of benzene rings is 1. The monoisotopic (exact) mass is 398 g/mol. The Morgan fingerprint density at radius 2 is 1.41 bits per heavy atom. The SMILES string of the molecule is CCCCCCCCC1CCC(c2ccc(C(=O)CC(=O)CCCC)cc2)CC1. The van der Waals surface area contributed by atoms with E-state index in [0.717, 1.165) is 18.8 Å². The van der Waals surface area contributed by atoms with Gasteiger partial charge < -0.3 is 0 Å². The number of unbranched alkanes of at least 4 members (excludes halogenated alkanes) is 6. The van der Waals surface area contributed by atoms with E-state index in [0.29, 0.717) is 17.9 Å². The van der Waals surface area contributed by atoms with Crippen molar-refractivity contribution in [3.63, 3.8) is 0 Å². The maximum Gasteiger partial charge on any atom is 0.170 e. The van der Waals surface area contributed by atoms with Gasteiger partial charge in [-0.05, 0) is 49.5 Å². The van der Waals surface area contributed by atoms with Gasteiger partial charge in [-0.15, -0.1) is 0 Å². The van der Waals surface area contributed by atoms with Crippen molar-refractivity contribution in [1.29, 1.82) is 0 Å². The lowest BCUT2D eigenvalue weighted by Gasteiger charge is -2.29. The molecule has 0 aromatic heterocycles. The Labute approximate surface area is 178 Å². The van der Waals surface area contributed by atoms with Gasteiger partial charge in [-0.3, -0.25) is 9.59 Å². The van der Waals surface area contributed by atoms with Gasteiger partial charge in [0.2, 0.25) is 0 Å². The van der Waals surface area contributed by atoms with Gasteiger partial charge >= 0.3 is 0 Å². The van der Waals surface area contributed by atoms with Crippen molar-refractivity contribution in [1.82, 2.24) is 0 Å². The van der Waals surface area contributed by atoms with Crippen LogP contribution in [0, 0.1) is 5.92 Å². The van der Waals surface area contributed by atoms with Crippen LogP contribution in [0.2, 0.25) is 0 Å². The number of carbonyl (C=O) groups excluding carboxylic acids is 2. The zero-order chi connectivity index (χ0) is 20.9. The largest absolute Gasteiger partial charge is 0.299 e. The van der Waals surface area contributed by atoms with Gasteiger partial charge in [-0.1, -0.05) is 89.5 Å². The molecule has 2 nitrogen and oxygen atoms in total. The molecular formula is C27H42O2. The van der Waals surface area contributed by atoms with Crippen molar-refractivity contribution < 1.29 is 9.59 Å². The first-order valence-electron chi connectivity index (χ1n) is 12.3. The fourth-order valence-corrected chi connectivity index (χ4v) is 4.68. The van der Waals surface area contributed by atoms with Crippen LogP contribution < -0.4 is 0 Å². The van der Waals surface area contributed by atoms with Crippen molar-refractivity contribution in [3.8, 4) is 0 Å². The Morgan fingerprint density at radius 1 is 0.793 bits per heavy atom. The Bertz CT molecular complexity index is 593. The summed E-state index contributed by atoms with van der Waals surface area (Å²) in [4.78, 5) is 24.2. The van der Waals surface area contributed by atoms with Crippen LogP contribution in [-0.2, 0) is 4.79 Å². The summed E-state index contributed by atoms with van der Waals surface area (Å²) in [7, 11) is 0. The summed E-state index contributed by atoms with van der Waals surface area (Å²) < 4.78 is 0. The van der Waals surface area contributed by atoms with E-state index in [1.165, 1.54) is 76.2 Å². The van der Waals surface area contributed by atoms with E-state index in [9.17, 15) is 9.59 Å². The second-order valence-electron chi connectivity index (χ2n) is 9.14. The van der Waals surface area contributed by atoms with Crippen LogP contribution in [0.15, 0.2) is 24.3 Å². The van der Waals surface area contributed by atoms with Gasteiger partial charge in [0, 0.05) is 12.0 Å². The highest BCUT2D eigenvalue weighted by Gasteiger charge is 2.22. The van der Waals surface area contributed by atoms with E-state index in [2.05, 4.69) is 26.0 Å². The van der Waals surface area contributed by atoms with E-state index in [-0.39, 0.29) is 18.0 Å². The Kier molecular flexibility index (Phi) is 11.3. The third-order valence-corrected chi connectivity index (χ3v) is 6.68. The van der Waals surface area contributed by atoms with Crippen LogP contribution in [0.4, 0.5) is 0 Å². The average molecular weight is 399 g/mol. The second kappa shape index (κ2) is 13.7. The lowest BCUT2D eigenvalue weighted by molar-refractivity contribution is -0.118. The number of ketones is 2. The maximum absolute atomic E-state index is 12.3. The molecule has 2 rings (SSSR count). The lowest BCUT2D eigenvalue weighted by Crippen LogP contribution is -2.13. The molecule has 0 spiro atoms. The van der Waals surface area contributed by atoms with Crippen LogP contribution in [0.25, 0.3) is 0 Å². The molecule has 0 unspecified atom stereocenters. The van der Waals surface area contributed by atoms with Crippen LogP contribution in [0.5, 0.6) is 0 Å². The molecule has 1 saturated carbocycles. The smallest absolute Gasteiger partial charge is 0.170 e. The standard InChI is InChI=1S/C27H42O2/c1-3-5-7-8-9-10-11-22-13-15-23(16-14-22)24-17-19-25(20-18-24)27(29)21-26(28)12-6-4-2/h17-20,22-23H,3-16,21H2,1-2H3. The molecule has 0 saturated heterocycles. The number of carbonyl (C=O) groups is 2. The summed E-state index contributed by atoms with van der Waals surface area (Å²) in [5, 5.41) is 0. The topological polar surface area (TPSA) is 34.1 Å². The summed E-state index contributed by atoms with van der Waals surface area (Å²) >= 11 is 0. The van der Waals surface area contributed by atoms with Crippen LogP contribution in [-0.4, -0.2) is 11.6 Å². The van der Waals surface area contributed by atoms with E-state index < -0.39 is 0 Å². The zero-order valence-corrected chi connectivity index (χ0v) is 18.9. The highest BCUT2D eigenvalue weighted by Crippen LogP contribution is 2.37. The minimum absolute atomic E-state index is 0.0275. The Balaban J connectivity index is 1.70. The van der Waals surface area contributed by atoms with Gasteiger partial charge in [0.15, 0.2) is 5.78 Å². The molecule has 1 aliphatic rings. The van der Waals surface area contributed by atoms with Gasteiger partial charge in [0.1, 0.15) is 5.78 Å². The van der Waals surface area contributed by atoms with Gasteiger partial charge in [-0.25, -0.2) is 0 Å². The molecule has 29 heavy (non-hydrogen) atoms. The third kappa shape index (κ3) is 8.84. The van der Waals surface area contributed by atoms with E-state index >= 15 is 0 Å². The van der Waals surface area contributed by atoms with Crippen LogP contribution >= 0.6 is 0 Å². The van der Waals surface area contributed by atoms with Crippen molar-refractivity contribution >= 4 is 11.6 Å². The summed E-state index contributed by atoms with van der Waals surface area (Å²) in [5.41, 5.74) is 2.06. The number of hydrogen-bond acceptors (Lipinski definition) is 2. The molecule has 0 bridgehead atoms. The van der Waals surface area contributed by atoms with Gasteiger partial charge in [0.05, 0.1) is 6.42 Å². The summed E-state index contributed by atoms with van der Waals surface area (Å²) in [6, 6.07) is 8.13. The number of Topliss-reactive ketones (excluding diaryl/α,β-unsaturated/α-hetero) is 2. The van der Waals surface area contributed by atoms with Crippen molar-refractivity contribution in [2.75, 3.05) is 0 Å². The fraction of sp³-hybridized carbons (Fsp3) is 0.704. The minimum Gasteiger partial charge on any atom is -0.299 e. The van der Waals surface area contributed by atoms with Crippen molar-refractivity contribution in [3.05, 3.63) is 35.4 Å². The molecular weight excluding hydrogens is 356 g/mol. The van der Waals surface area contributed by atoms with Gasteiger partial charge in [0.25, 0.3) is 0 Å². The highest BCUT2D eigenvalue weighted by atomic mass is 16.1. The van der Waals surface area contributed by atoms with Gasteiger partial charge in [-0.2, -0.15) is 0 Å². The first kappa shape index (κ1) is 23.8. The predicted octanol–water partition coefficient (Wildman–Crippen LogP) is 8.04. The first-order valence-corrected chi connectivity index (χ1v) is 12.3. The molecule has 162 valence electrons. The maximum atomic E-state index is 12.3. The third-order valence-electron chi connectivity index (χ3n) is 6.68. The molecule has 1 aliphatic carbocycles. The van der Waals surface area contributed by atoms with E-state index in [1.807, 2.05) is 12.1 Å². The van der Waals surface area contributed by atoms with E-state index in [4.69, 9.17) is 0 Å². The highest BCUT2D eigenvalue weighted by molar-refractivity contribution is 6.07. The summed E-state index contributed by atoms with van der Waals surface area (Å²) in [6.45, 7) is 4.34. The molecule has 0 heterocycles. The second-order valence-corrected chi connectivity index (χ2v) is 9.14. The summed E-state index contributed by atoms with van der Waals surface area (Å²) in [6.07, 6.45) is 17.5. The minimum atomic E-state index is -0.0275. The predicted molar refractivity (Wildman–Crippen MR) is 123 cm³/mol. The van der Waals surface area contributed by atoms with Crippen LogP contribution in [0.3, 0.4) is 0 Å². The molecule has 2 heteroatoms. The number of rotatable bonds is 14. The Morgan fingerprint density at radius 3 is 2.07 bits per heavy atom. The summed E-state index contributed by atoms with van der Waals surface area (Å²) in [5.74, 6) is 1.61.